The summed E-state index contributed by atoms with van der Waals surface area (Å²) in [7, 11) is 1.64. The molecule has 0 aliphatic carbocycles. The zero-order valence-corrected chi connectivity index (χ0v) is 9.40. The number of rotatable bonds is 6. The van der Waals surface area contributed by atoms with Gasteiger partial charge in [0, 0.05) is 6.04 Å². The van der Waals surface area contributed by atoms with E-state index in [2.05, 4.69) is 0 Å². The van der Waals surface area contributed by atoms with Gasteiger partial charge in [0.25, 0.3) is 0 Å². The highest BCUT2D eigenvalue weighted by molar-refractivity contribution is 5.39. The Bertz CT molecular complexity index is 287. The first kappa shape index (κ1) is 11.9. The van der Waals surface area contributed by atoms with Gasteiger partial charge in [-0.2, -0.15) is 0 Å². The van der Waals surface area contributed by atoms with E-state index < -0.39 is 0 Å². The van der Waals surface area contributed by atoms with Gasteiger partial charge >= 0.3 is 0 Å². The fourth-order valence-electron chi connectivity index (χ4n) is 1.33. The Balaban J connectivity index is 2.36. The molecule has 0 aliphatic heterocycles. The molecule has 2 N–H and O–H groups in total. The Morgan fingerprint density at radius 1 is 1.27 bits per heavy atom. The Labute approximate surface area is 91.2 Å². The van der Waals surface area contributed by atoms with Crippen LogP contribution in [0.1, 0.15) is 19.8 Å². The molecule has 0 saturated carbocycles. The van der Waals surface area contributed by atoms with E-state index in [9.17, 15) is 0 Å². The summed E-state index contributed by atoms with van der Waals surface area (Å²) in [5.74, 6) is 1.57. The zero-order chi connectivity index (χ0) is 11.1. The van der Waals surface area contributed by atoms with Crippen LogP contribution in [-0.4, -0.2) is 19.8 Å². The topological polar surface area (TPSA) is 44.5 Å². The molecule has 0 radical (unpaired) electrons. The highest BCUT2D eigenvalue weighted by atomic mass is 16.5. The van der Waals surface area contributed by atoms with E-state index in [-0.39, 0.29) is 6.04 Å². The van der Waals surface area contributed by atoms with E-state index in [4.69, 9.17) is 15.2 Å². The number of ether oxygens (including phenoxy) is 2. The van der Waals surface area contributed by atoms with Crippen LogP contribution >= 0.6 is 0 Å². The van der Waals surface area contributed by atoms with Crippen molar-refractivity contribution in [3.05, 3.63) is 24.3 Å². The molecule has 15 heavy (non-hydrogen) atoms. The minimum atomic E-state index is 0.242. The van der Waals surface area contributed by atoms with E-state index in [1.165, 1.54) is 0 Å². The number of para-hydroxylation sites is 2. The van der Waals surface area contributed by atoms with Gasteiger partial charge in [-0.25, -0.2) is 0 Å². The molecule has 1 aromatic carbocycles. The first-order valence-electron chi connectivity index (χ1n) is 5.25. The third kappa shape index (κ3) is 4.21. The minimum Gasteiger partial charge on any atom is -0.493 e. The van der Waals surface area contributed by atoms with Crippen LogP contribution in [0.25, 0.3) is 0 Å². The lowest BCUT2D eigenvalue weighted by Crippen LogP contribution is -2.15. The molecule has 1 aromatic rings. The maximum atomic E-state index is 5.65. The number of hydrogen-bond acceptors (Lipinski definition) is 3. The third-order valence-corrected chi connectivity index (χ3v) is 2.13. The second-order valence-electron chi connectivity index (χ2n) is 3.62. The number of methoxy groups -OCH3 is 1. The molecule has 1 rings (SSSR count). The monoisotopic (exact) mass is 209 g/mol. The lowest BCUT2D eigenvalue weighted by atomic mass is 10.2. The van der Waals surface area contributed by atoms with Gasteiger partial charge in [-0.3, -0.25) is 0 Å². The summed E-state index contributed by atoms with van der Waals surface area (Å²) in [5.41, 5.74) is 5.65. The maximum absolute atomic E-state index is 5.65. The van der Waals surface area contributed by atoms with Gasteiger partial charge < -0.3 is 15.2 Å². The molecule has 0 bridgehead atoms. The molecule has 0 aromatic heterocycles. The summed E-state index contributed by atoms with van der Waals surface area (Å²) in [5, 5.41) is 0. The van der Waals surface area contributed by atoms with Crippen molar-refractivity contribution in [2.24, 2.45) is 5.73 Å². The van der Waals surface area contributed by atoms with Crippen LogP contribution in [-0.2, 0) is 0 Å². The Morgan fingerprint density at radius 2 is 1.93 bits per heavy atom. The molecule has 0 heterocycles. The van der Waals surface area contributed by atoms with Crippen LogP contribution in [0.4, 0.5) is 0 Å². The van der Waals surface area contributed by atoms with E-state index in [0.29, 0.717) is 6.61 Å². The van der Waals surface area contributed by atoms with Crippen LogP contribution in [0.2, 0.25) is 0 Å². The second-order valence-corrected chi connectivity index (χ2v) is 3.62. The largest absolute Gasteiger partial charge is 0.493 e. The summed E-state index contributed by atoms with van der Waals surface area (Å²) in [6.07, 6.45) is 1.95. The van der Waals surface area contributed by atoms with Gasteiger partial charge in [-0.05, 0) is 31.9 Å². The normalized spacial score (nSPS) is 12.2. The molecule has 0 fully saturated rings. The highest BCUT2D eigenvalue weighted by Crippen LogP contribution is 2.25. The molecule has 84 valence electrons. The first-order valence-corrected chi connectivity index (χ1v) is 5.25. The van der Waals surface area contributed by atoms with E-state index in [1.807, 2.05) is 31.2 Å². The predicted molar refractivity (Wildman–Crippen MR) is 61.4 cm³/mol. The SMILES string of the molecule is COc1ccccc1OCCCC(C)N. The highest BCUT2D eigenvalue weighted by Gasteiger charge is 2.02. The lowest BCUT2D eigenvalue weighted by Gasteiger charge is -2.10. The zero-order valence-electron chi connectivity index (χ0n) is 9.40. The number of benzene rings is 1. The van der Waals surface area contributed by atoms with Crippen molar-refractivity contribution >= 4 is 0 Å². The van der Waals surface area contributed by atoms with Crippen LogP contribution in [0, 0.1) is 0 Å². The number of hydrogen-bond donors (Lipinski definition) is 1. The maximum Gasteiger partial charge on any atom is 0.161 e. The molecule has 3 nitrogen and oxygen atoms in total. The molecule has 3 heteroatoms. The average molecular weight is 209 g/mol. The van der Waals surface area contributed by atoms with Crippen molar-refractivity contribution in [3.63, 3.8) is 0 Å². The van der Waals surface area contributed by atoms with Crippen LogP contribution < -0.4 is 15.2 Å². The van der Waals surface area contributed by atoms with Crippen molar-refractivity contribution in [2.75, 3.05) is 13.7 Å². The number of nitrogens with two attached hydrogens (primary N) is 1. The van der Waals surface area contributed by atoms with Crippen LogP contribution in [0.5, 0.6) is 11.5 Å². The van der Waals surface area contributed by atoms with Gasteiger partial charge in [0.2, 0.25) is 0 Å². The Morgan fingerprint density at radius 3 is 2.53 bits per heavy atom. The predicted octanol–water partition coefficient (Wildman–Crippen LogP) is 2.20. The first-order chi connectivity index (χ1) is 7.24. The van der Waals surface area contributed by atoms with Gasteiger partial charge in [0.05, 0.1) is 13.7 Å². The van der Waals surface area contributed by atoms with Gasteiger partial charge in [0.1, 0.15) is 0 Å². The second kappa shape index (κ2) is 6.30. The molecular formula is C12H19NO2. The molecule has 0 saturated heterocycles. The average Bonchev–Trinajstić information content (AvgIpc) is 2.24. The fraction of sp³-hybridized carbons (Fsp3) is 0.500. The smallest absolute Gasteiger partial charge is 0.161 e. The van der Waals surface area contributed by atoms with Crippen LogP contribution in [0.15, 0.2) is 24.3 Å². The molecule has 0 aliphatic rings. The fourth-order valence-corrected chi connectivity index (χ4v) is 1.33. The quantitative estimate of drug-likeness (QED) is 0.730. The van der Waals surface area contributed by atoms with Crippen LogP contribution in [0.3, 0.4) is 0 Å². The standard InChI is InChI=1S/C12H19NO2/c1-10(13)6-5-9-15-12-8-4-3-7-11(12)14-2/h3-4,7-8,10H,5-6,9,13H2,1-2H3. The van der Waals surface area contributed by atoms with Crippen molar-refractivity contribution in [2.45, 2.75) is 25.8 Å². The van der Waals surface area contributed by atoms with E-state index in [1.54, 1.807) is 7.11 Å². The van der Waals surface area contributed by atoms with Crippen molar-refractivity contribution in [1.29, 1.82) is 0 Å². The summed E-state index contributed by atoms with van der Waals surface area (Å²) in [6.45, 7) is 2.69. The molecular weight excluding hydrogens is 190 g/mol. The van der Waals surface area contributed by atoms with Crippen molar-refractivity contribution < 1.29 is 9.47 Å². The lowest BCUT2D eigenvalue weighted by molar-refractivity contribution is 0.283. The molecule has 0 spiro atoms. The molecule has 1 atom stereocenters. The molecule has 0 amide bonds. The Kier molecular flexibility index (Phi) is 4.98. The van der Waals surface area contributed by atoms with Gasteiger partial charge in [0.15, 0.2) is 11.5 Å². The van der Waals surface area contributed by atoms with Crippen molar-refractivity contribution in [1.82, 2.24) is 0 Å². The third-order valence-electron chi connectivity index (χ3n) is 2.13. The van der Waals surface area contributed by atoms with Gasteiger partial charge in [-0.1, -0.05) is 12.1 Å². The van der Waals surface area contributed by atoms with Crippen molar-refractivity contribution in [3.8, 4) is 11.5 Å². The minimum absolute atomic E-state index is 0.242. The van der Waals surface area contributed by atoms with Gasteiger partial charge in [-0.15, -0.1) is 0 Å². The summed E-state index contributed by atoms with van der Waals surface area (Å²) in [4.78, 5) is 0. The molecule has 1 unspecified atom stereocenters. The summed E-state index contributed by atoms with van der Waals surface area (Å²) in [6, 6.07) is 7.90. The van der Waals surface area contributed by atoms with E-state index >= 15 is 0 Å². The van der Waals surface area contributed by atoms with E-state index in [0.717, 1.165) is 24.3 Å². The Hall–Kier alpha value is -1.22. The summed E-state index contributed by atoms with van der Waals surface area (Å²) >= 11 is 0. The summed E-state index contributed by atoms with van der Waals surface area (Å²) < 4.78 is 10.8.